The minimum atomic E-state index is -0.190. The van der Waals surface area contributed by atoms with Crippen molar-refractivity contribution in [1.82, 2.24) is 25.5 Å². The Labute approximate surface area is 155 Å². The SMILES string of the molecule is CNC(=O)c1ccc(NC(=O)CNc2ccc(-n3cnnn3)c(C)c2)cc1. The van der Waals surface area contributed by atoms with E-state index in [-0.39, 0.29) is 18.4 Å². The van der Waals surface area contributed by atoms with Crippen LogP contribution in [0.25, 0.3) is 5.69 Å². The first-order valence-electron chi connectivity index (χ1n) is 8.26. The van der Waals surface area contributed by atoms with E-state index in [0.29, 0.717) is 11.3 Å². The lowest BCUT2D eigenvalue weighted by molar-refractivity contribution is -0.114. The number of aromatic nitrogens is 4. The minimum absolute atomic E-state index is 0.112. The molecule has 3 N–H and O–H groups in total. The van der Waals surface area contributed by atoms with E-state index in [1.54, 1.807) is 36.0 Å². The molecule has 0 aliphatic heterocycles. The van der Waals surface area contributed by atoms with Gasteiger partial charge in [-0.2, -0.15) is 0 Å². The zero-order valence-corrected chi connectivity index (χ0v) is 14.9. The molecule has 0 aliphatic carbocycles. The highest BCUT2D eigenvalue weighted by molar-refractivity contribution is 5.96. The normalized spacial score (nSPS) is 10.3. The second-order valence-electron chi connectivity index (χ2n) is 5.81. The van der Waals surface area contributed by atoms with Crippen LogP contribution in [0.2, 0.25) is 0 Å². The van der Waals surface area contributed by atoms with Crippen molar-refractivity contribution in [2.45, 2.75) is 6.92 Å². The highest BCUT2D eigenvalue weighted by Gasteiger charge is 2.07. The van der Waals surface area contributed by atoms with Gasteiger partial charge in [0.05, 0.1) is 12.2 Å². The van der Waals surface area contributed by atoms with Crippen LogP contribution < -0.4 is 16.0 Å². The first-order valence-corrected chi connectivity index (χ1v) is 8.26. The molecule has 1 heterocycles. The fourth-order valence-corrected chi connectivity index (χ4v) is 2.53. The van der Waals surface area contributed by atoms with Gasteiger partial charge in [0.25, 0.3) is 5.91 Å². The second kappa shape index (κ2) is 8.09. The van der Waals surface area contributed by atoms with Crippen LogP contribution >= 0.6 is 0 Å². The molecule has 0 fully saturated rings. The lowest BCUT2D eigenvalue weighted by atomic mass is 10.2. The maximum absolute atomic E-state index is 12.1. The van der Waals surface area contributed by atoms with Crippen molar-refractivity contribution in [3.05, 3.63) is 59.9 Å². The summed E-state index contributed by atoms with van der Waals surface area (Å²) >= 11 is 0. The van der Waals surface area contributed by atoms with E-state index >= 15 is 0 Å². The van der Waals surface area contributed by atoms with Crippen LogP contribution in [-0.2, 0) is 4.79 Å². The Bertz CT molecular complexity index is 937. The van der Waals surface area contributed by atoms with Gasteiger partial charge >= 0.3 is 0 Å². The zero-order chi connectivity index (χ0) is 19.2. The van der Waals surface area contributed by atoms with Crippen LogP contribution in [0.15, 0.2) is 48.8 Å². The molecular weight excluding hydrogens is 346 g/mol. The first-order chi connectivity index (χ1) is 13.1. The predicted octanol–water partition coefficient (Wildman–Crippen LogP) is 1.38. The van der Waals surface area contributed by atoms with Crippen LogP contribution in [0.4, 0.5) is 11.4 Å². The van der Waals surface area contributed by atoms with Crippen LogP contribution in [0.1, 0.15) is 15.9 Å². The number of rotatable bonds is 6. The molecule has 3 rings (SSSR count). The fourth-order valence-electron chi connectivity index (χ4n) is 2.53. The second-order valence-corrected chi connectivity index (χ2v) is 5.81. The van der Waals surface area contributed by atoms with Crippen LogP contribution in [0.3, 0.4) is 0 Å². The third-order valence-electron chi connectivity index (χ3n) is 3.90. The van der Waals surface area contributed by atoms with E-state index in [0.717, 1.165) is 16.9 Å². The first kappa shape index (κ1) is 18.1. The van der Waals surface area contributed by atoms with Gasteiger partial charge < -0.3 is 16.0 Å². The zero-order valence-electron chi connectivity index (χ0n) is 14.9. The summed E-state index contributed by atoms with van der Waals surface area (Å²) in [5.41, 5.74) is 3.81. The average Bonchev–Trinajstić information content (AvgIpc) is 3.21. The molecule has 0 atom stereocenters. The molecule has 0 spiro atoms. The van der Waals surface area contributed by atoms with Gasteiger partial charge in [-0.1, -0.05) is 0 Å². The third-order valence-corrected chi connectivity index (χ3v) is 3.90. The number of hydrogen-bond donors (Lipinski definition) is 3. The number of nitrogens with zero attached hydrogens (tertiary/aromatic N) is 4. The number of nitrogens with one attached hydrogen (secondary N) is 3. The van der Waals surface area contributed by atoms with Crippen molar-refractivity contribution < 1.29 is 9.59 Å². The van der Waals surface area contributed by atoms with Gasteiger partial charge in [-0.25, -0.2) is 4.68 Å². The van der Waals surface area contributed by atoms with E-state index in [2.05, 4.69) is 31.5 Å². The van der Waals surface area contributed by atoms with Gasteiger partial charge in [0.15, 0.2) is 0 Å². The lowest BCUT2D eigenvalue weighted by Crippen LogP contribution is -2.22. The van der Waals surface area contributed by atoms with Gasteiger partial charge in [-0.3, -0.25) is 9.59 Å². The maximum Gasteiger partial charge on any atom is 0.251 e. The van der Waals surface area contributed by atoms with Gasteiger partial charge in [-0.15, -0.1) is 5.10 Å². The molecule has 0 saturated heterocycles. The molecule has 2 aromatic carbocycles. The summed E-state index contributed by atoms with van der Waals surface area (Å²) < 4.78 is 1.58. The summed E-state index contributed by atoms with van der Waals surface area (Å²) in [5.74, 6) is -0.361. The number of anilines is 2. The van der Waals surface area contributed by atoms with Crippen molar-refractivity contribution in [3.8, 4) is 5.69 Å². The third kappa shape index (κ3) is 4.46. The molecule has 2 amide bonds. The smallest absolute Gasteiger partial charge is 0.251 e. The summed E-state index contributed by atoms with van der Waals surface area (Å²) in [6.07, 6.45) is 1.53. The van der Waals surface area contributed by atoms with E-state index in [1.165, 1.54) is 6.33 Å². The Balaban J connectivity index is 1.56. The van der Waals surface area contributed by atoms with E-state index in [9.17, 15) is 9.59 Å². The highest BCUT2D eigenvalue weighted by Crippen LogP contribution is 2.17. The van der Waals surface area contributed by atoms with Gasteiger partial charge in [-0.05, 0) is 65.4 Å². The van der Waals surface area contributed by atoms with Crippen LogP contribution in [-0.4, -0.2) is 45.6 Å². The summed E-state index contributed by atoms with van der Waals surface area (Å²) in [7, 11) is 1.57. The molecule has 1 aromatic heterocycles. The minimum Gasteiger partial charge on any atom is -0.376 e. The molecule has 27 heavy (non-hydrogen) atoms. The van der Waals surface area contributed by atoms with Crippen molar-refractivity contribution in [1.29, 1.82) is 0 Å². The quantitative estimate of drug-likeness (QED) is 0.608. The summed E-state index contributed by atoms with van der Waals surface area (Å²) in [6.45, 7) is 2.05. The number of benzene rings is 2. The Morgan fingerprint density at radius 3 is 2.44 bits per heavy atom. The van der Waals surface area contributed by atoms with Gasteiger partial charge in [0, 0.05) is 24.0 Å². The van der Waals surface area contributed by atoms with Gasteiger partial charge in [0.1, 0.15) is 6.33 Å². The molecule has 0 radical (unpaired) electrons. The topological polar surface area (TPSA) is 114 Å². The largest absolute Gasteiger partial charge is 0.376 e. The van der Waals surface area contributed by atoms with Crippen LogP contribution in [0, 0.1) is 6.92 Å². The van der Waals surface area contributed by atoms with Crippen molar-refractivity contribution >= 4 is 23.2 Å². The van der Waals surface area contributed by atoms with Crippen molar-refractivity contribution in [3.63, 3.8) is 0 Å². The molecule has 0 aliphatic rings. The summed E-state index contributed by atoms with van der Waals surface area (Å²) in [4.78, 5) is 23.6. The van der Waals surface area contributed by atoms with E-state index in [1.807, 2.05) is 25.1 Å². The van der Waals surface area contributed by atoms with Gasteiger partial charge in [0.2, 0.25) is 5.91 Å². The molecule has 9 heteroatoms. The number of carbonyl (C=O) groups is 2. The number of aryl methyl sites for hydroxylation is 1. The Kier molecular flexibility index (Phi) is 5.41. The molecular formula is C18H19N7O2. The summed E-state index contributed by atoms with van der Waals surface area (Å²) in [5, 5.41) is 19.5. The number of carbonyl (C=O) groups excluding carboxylic acids is 2. The average molecular weight is 365 g/mol. The molecule has 0 bridgehead atoms. The molecule has 0 unspecified atom stereocenters. The summed E-state index contributed by atoms with van der Waals surface area (Å²) in [6, 6.07) is 12.3. The number of amides is 2. The lowest BCUT2D eigenvalue weighted by Gasteiger charge is -2.11. The standard InChI is InChI=1S/C18H19N7O2/c1-12-9-15(7-8-16(12)25-11-21-23-24-25)20-10-17(26)22-14-5-3-13(4-6-14)18(27)19-2/h3-9,11,20H,10H2,1-2H3,(H,19,27)(H,22,26). The number of hydrogen-bond acceptors (Lipinski definition) is 6. The monoisotopic (exact) mass is 365 g/mol. The number of tetrazole rings is 1. The van der Waals surface area contributed by atoms with E-state index < -0.39 is 0 Å². The van der Waals surface area contributed by atoms with E-state index in [4.69, 9.17) is 0 Å². The molecule has 138 valence electrons. The predicted molar refractivity (Wildman–Crippen MR) is 101 cm³/mol. The Morgan fingerprint density at radius 1 is 1.07 bits per heavy atom. The molecule has 0 saturated carbocycles. The fraction of sp³-hybridized carbons (Fsp3) is 0.167. The Morgan fingerprint density at radius 2 is 1.81 bits per heavy atom. The highest BCUT2D eigenvalue weighted by atomic mass is 16.2. The van der Waals surface area contributed by atoms with Crippen LogP contribution in [0.5, 0.6) is 0 Å². The molecule has 9 nitrogen and oxygen atoms in total. The van der Waals surface area contributed by atoms with Crippen molar-refractivity contribution in [2.75, 3.05) is 24.2 Å². The maximum atomic E-state index is 12.1. The Hall–Kier alpha value is -3.75. The van der Waals surface area contributed by atoms with Crippen molar-refractivity contribution in [2.24, 2.45) is 0 Å². The molecule has 3 aromatic rings.